The van der Waals surface area contributed by atoms with Crippen molar-refractivity contribution < 1.29 is 26.3 Å². The summed E-state index contributed by atoms with van der Waals surface area (Å²) in [5, 5.41) is 5.47. The number of hydrogen-bond acceptors (Lipinski definition) is 8. The normalized spacial score (nSPS) is 15.6. The van der Waals surface area contributed by atoms with Crippen molar-refractivity contribution in [2.75, 3.05) is 51.6 Å². The Hall–Kier alpha value is -2.58. The van der Waals surface area contributed by atoms with Crippen molar-refractivity contribution in [3.63, 3.8) is 0 Å². The molecule has 184 valence electrons. The fourth-order valence-electron chi connectivity index (χ4n) is 4.01. The third-order valence-corrected chi connectivity index (χ3v) is 8.15. The summed E-state index contributed by atoms with van der Waals surface area (Å²) in [5.74, 6) is -0.131. The molecule has 2 aromatic heterocycles. The topological polar surface area (TPSA) is 137 Å². The van der Waals surface area contributed by atoms with Crippen LogP contribution in [0.1, 0.15) is 0 Å². The number of pyridine rings is 1. The lowest BCUT2D eigenvalue weighted by Crippen LogP contribution is -2.48. The average molecular weight is 530 g/mol. The Morgan fingerprint density at radius 3 is 2.24 bits per heavy atom. The van der Waals surface area contributed by atoms with Gasteiger partial charge in [0.2, 0.25) is 20.0 Å². The van der Waals surface area contributed by atoms with Gasteiger partial charge in [0.25, 0.3) is 0 Å². The molecule has 1 aromatic carbocycles. The standard InChI is InChI=1S/C20H24ClN5O6S2/c1-31-18-14(11-15(21)19(32-2)20(18)34(22,29)30)16-12-25-5-4-13(10-17(25)23-16)24-6-8-26(9-7-24)33(3,27)28/h4-5,10-12H,6-9H2,1-3H3,(H2,22,29,30). The van der Waals surface area contributed by atoms with E-state index in [2.05, 4.69) is 9.88 Å². The number of halogens is 1. The first-order valence-electron chi connectivity index (χ1n) is 10.1. The molecule has 11 nitrogen and oxygen atoms in total. The molecule has 0 amide bonds. The van der Waals surface area contributed by atoms with E-state index in [0.717, 1.165) is 5.69 Å². The lowest BCUT2D eigenvalue weighted by atomic mass is 10.1. The molecule has 3 heterocycles. The van der Waals surface area contributed by atoms with Crippen LogP contribution >= 0.6 is 11.6 Å². The zero-order chi connectivity index (χ0) is 24.8. The number of anilines is 1. The number of fused-ring (bicyclic) bond motifs is 1. The molecule has 0 aliphatic carbocycles. The quantitative estimate of drug-likeness (QED) is 0.506. The van der Waals surface area contributed by atoms with Gasteiger partial charge < -0.3 is 18.8 Å². The number of ether oxygens (including phenoxy) is 2. The van der Waals surface area contributed by atoms with Gasteiger partial charge in [-0.1, -0.05) is 11.6 Å². The lowest BCUT2D eigenvalue weighted by molar-refractivity contribution is 0.374. The van der Waals surface area contributed by atoms with Gasteiger partial charge >= 0.3 is 0 Å². The van der Waals surface area contributed by atoms with E-state index in [9.17, 15) is 16.8 Å². The maximum Gasteiger partial charge on any atom is 0.245 e. The number of sulfonamides is 2. The van der Waals surface area contributed by atoms with E-state index < -0.39 is 20.0 Å². The molecule has 1 fully saturated rings. The summed E-state index contributed by atoms with van der Waals surface area (Å²) in [6, 6.07) is 5.29. The largest absolute Gasteiger partial charge is 0.494 e. The van der Waals surface area contributed by atoms with E-state index in [1.165, 1.54) is 30.8 Å². The lowest BCUT2D eigenvalue weighted by Gasteiger charge is -2.34. The fraction of sp³-hybridized carbons (Fsp3) is 0.350. The van der Waals surface area contributed by atoms with Crippen molar-refractivity contribution in [3.05, 3.63) is 35.6 Å². The first-order valence-corrected chi connectivity index (χ1v) is 13.9. The van der Waals surface area contributed by atoms with E-state index in [0.29, 0.717) is 43.1 Å². The van der Waals surface area contributed by atoms with Crippen LogP contribution in [0.2, 0.25) is 5.02 Å². The molecule has 0 spiro atoms. The summed E-state index contributed by atoms with van der Waals surface area (Å²) >= 11 is 6.30. The summed E-state index contributed by atoms with van der Waals surface area (Å²) in [6.45, 7) is 1.91. The van der Waals surface area contributed by atoms with Crippen LogP contribution < -0.4 is 19.5 Å². The van der Waals surface area contributed by atoms with Gasteiger partial charge in [-0.05, 0) is 12.1 Å². The molecule has 0 atom stereocenters. The third-order valence-electron chi connectivity index (χ3n) is 5.63. The Kier molecular flexibility index (Phi) is 6.42. The van der Waals surface area contributed by atoms with E-state index >= 15 is 0 Å². The maximum absolute atomic E-state index is 12.3. The molecular weight excluding hydrogens is 506 g/mol. The smallest absolute Gasteiger partial charge is 0.245 e. The van der Waals surface area contributed by atoms with Gasteiger partial charge in [-0.25, -0.2) is 27.0 Å². The summed E-state index contributed by atoms with van der Waals surface area (Å²) in [5.41, 5.74) is 2.25. The highest BCUT2D eigenvalue weighted by Crippen LogP contribution is 2.45. The van der Waals surface area contributed by atoms with Gasteiger partial charge in [-0.2, -0.15) is 4.31 Å². The van der Waals surface area contributed by atoms with Gasteiger partial charge in [-0.3, -0.25) is 0 Å². The van der Waals surface area contributed by atoms with E-state index in [-0.39, 0.29) is 21.4 Å². The number of piperazine rings is 1. The predicted octanol–water partition coefficient (Wildman–Crippen LogP) is 1.40. The van der Waals surface area contributed by atoms with E-state index in [1.807, 2.05) is 18.3 Å². The summed E-state index contributed by atoms with van der Waals surface area (Å²) in [4.78, 5) is 6.36. The molecule has 34 heavy (non-hydrogen) atoms. The van der Waals surface area contributed by atoms with Gasteiger partial charge in [-0.15, -0.1) is 0 Å². The number of rotatable bonds is 6. The number of benzene rings is 1. The Labute approximate surface area is 202 Å². The minimum absolute atomic E-state index is 0.0238. The second kappa shape index (κ2) is 8.89. The number of nitrogens with zero attached hydrogens (tertiary/aromatic N) is 4. The molecule has 1 aliphatic heterocycles. The number of hydrogen-bond donors (Lipinski definition) is 1. The van der Waals surface area contributed by atoms with Crippen molar-refractivity contribution in [2.24, 2.45) is 5.14 Å². The SMILES string of the molecule is COc1c(Cl)cc(-c2cn3ccc(N4CCN(S(C)(=O)=O)CC4)cc3n2)c(OC)c1S(N)(=O)=O. The zero-order valence-electron chi connectivity index (χ0n) is 18.7. The Bertz CT molecular complexity index is 1460. The Balaban J connectivity index is 1.74. The van der Waals surface area contributed by atoms with Crippen molar-refractivity contribution in [2.45, 2.75) is 4.90 Å². The fourth-order valence-corrected chi connectivity index (χ4v) is 6.08. The number of nitrogens with two attached hydrogens (primary N) is 1. The van der Waals surface area contributed by atoms with Gasteiger partial charge in [0.15, 0.2) is 16.4 Å². The zero-order valence-corrected chi connectivity index (χ0v) is 21.1. The molecule has 3 aromatic rings. The minimum Gasteiger partial charge on any atom is -0.494 e. The molecule has 0 unspecified atom stereocenters. The van der Waals surface area contributed by atoms with Crippen LogP contribution in [0.25, 0.3) is 16.9 Å². The molecule has 14 heteroatoms. The number of methoxy groups -OCH3 is 2. The van der Waals surface area contributed by atoms with Crippen molar-refractivity contribution in [1.82, 2.24) is 13.7 Å². The van der Waals surface area contributed by atoms with E-state index in [1.54, 1.807) is 10.6 Å². The number of imidazole rings is 1. The predicted molar refractivity (Wildman–Crippen MR) is 129 cm³/mol. The molecule has 0 bridgehead atoms. The average Bonchev–Trinajstić information content (AvgIpc) is 3.20. The van der Waals surface area contributed by atoms with Crippen LogP contribution in [-0.2, 0) is 20.0 Å². The van der Waals surface area contributed by atoms with Crippen LogP contribution in [0, 0.1) is 0 Å². The summed E-state index contributed by atoms with van der Waals surface area (Å²) in [7, 11) is -4.83. The molecule has 1 saturated heterocycles. The molecule has 0 saturated carbocycles. The second-order valence-electron chi connectivity index (χ2n) is 7.77. The first-order chi connectivity index (χ1) is 15.9. The first kappa shape index (κ1) is 24.5. The highest BCUT2D eigenvalue weighted by molar-refractivity contribution is 7.89. The van der Waals surface area contributed by atoms with Crippen molar-refractivity contribution >= 4 is 43.0 Å². The number of primary sulfonamides is 1. The van der Waals surface area contributed by atoms with E-state index in [4.69, 9.17) is 26.2 Å². The Morgan fingerprint density at radius 1 is 1.03 bits per heavy atom. The van der Waals surface area contributed by atoms with Gasteiger partial charge in [0.05, 0.1) is 31.2 Å². The van der Waals surface area contributed by atoms with Crippen LogP contribution in [0.3, 0.4) is 0 Å². The third kappa shape index (κ3) is 4.53. The van der Waals surface area contributed by atoms with Gasteiger partial charge in [0, 0.05) is 55.9 Å². The van der Waals surface area contributed by atoms with Gasteiger partial charge in [0.1, 0.15) is 5.65 Å². The van der Waals surface area contributed by atoms with Crippen LogP contribution in [0.5, 0.6) is 11.5 Å². The molecule has 0 radical (unpaired) electrons. The minimum atomic E-state index is -4.23. The Morgan fingerprint density at radius 2 is 1.68 bits per heavy atom. The van der Waals surface area contributed by atoms with Crippen LogP contribution in [0.15, 0.2) is 35.5 Å². The van der Waals surface area contributed by atoms with Crippen LogP contribution in [0.4, 0.5) is 5.69 Å². The summed E-state index contributed by atoms with van der Waals surface area (Å²) in [6.07, 6.45) is 4.75. The highest BCUT2D eigenvalue weighted by Gasteiger charge is 2.29. The van der Waals surface area contributed by atoms with Crippen molar-refractivity contribution in [1.29, 1.82) is 0 Å². The number of aromatic nitrogens is 2. The molecule has 1 aliphatic rings. The molecule has 4 rings (SSSR count). The molecule has 2 N–H and O–H groups in total. The van der Waals surface area contributed by atoms with Crippen LogP contribution in [-0.4, -0.2) is 77.2 Å². The highest BCUT2D eigenvalue weighted by atomic mass is 35.5. The maximum atomic E-state index is 12.3. The summed E-state index contributed by atoms with van der Waals surface area (Å²) < 4.78 is 61.9. The monoisotopic (exact) mass is 529 g/mol. The van der Waals surface area contributed by atoms with Crippen molar-refractivity contribution in [3.8, 4) is 22.8 Å². The second-order valence-corrected chi connectivity index (χ2v) is 11.7. The molecular formula is C20H24ClN5O6S2.